The fourth-order valence-corrected chi connectivity index (χ4v) is 10.8. The normalized spacial score (nSPS) is 12.1. The Bertz CT molecular complexity index is 3840. The number of hydrogen-bond acceptors (Lipinski definition) is 9. The summed E-state index contributed by atoms with van der Waals surface area (Å²) in [5, 5.41) is 12.2. The Labute approximate surface area is 451 Å². The number of carbonyl (C=O) groups excluding carboxylic acids is 3. The molecule has 0 fully saturated rings. The molecular weight excluding hydrogens is 977 g/mol. The third kappa shape index (κ3) is 9.81. The maximum atomic E-state index is 13.8. The van der Waals surface area contributed by atoms with E-state index in [1.807, 2.05) is 117 Å². The van der Waals surface area contributed by atoms with Crippen molar-refractivity contribution in [2.75, 3.05) is 0 Å². The molecule has 0 bridgehead atoms. The van der Waals surface area contributed by atoms with Crippen molar-refractivity contribution in [3.8, 4) is 45.3 Å². The Kier molecular flexibility index (Phi) is 13.9. The monoisotopic (exact) mass is 1030 g/mol. The van der Waals surface area contributed by atoms with E-state index < -0.39 is 5.41 Å². The minimum atomic E-state index is -0.665. The zero-order valence-electron chi connectivity index (χ0n) is 42.6. The lowest BCUT2D eigenvalue weighted by Crippen LogP contribution is -2.28. The molecule has 1 aliphatic carbocycles. The first-order valence-electron chi connectivity index (χ1n) is 25.1. The Balaban J connectivity index is 0.819. The highest BCUT2D eigenvalue weighted by molar-refractivity contribution is 7.94. The molecule has 8 nitrogen and oxygen atoms in total. The summed E-state index contributed by atoms with van der Waals surface area (Å²) in [4.78, 5) is 41.2. The minimum Gasteiger partial charge on any atom is -0.457 e. The van der Waals surface area contributed by atoms with E-state index in [2.05, 4.69) is 96.0 Å². The summed E-state index contributed by atoms with van der Waals surface area (Å²) < 4.78 is 17.6. The van der Waals surface area contributed by atoms with Gasteiger partial charge in [0.15, 0.2) is 17.3 Å². The van der Waals surface area contributed by atoms with E-state index in [4.69, 9.17) is 14.7 Å². The lowest BCUT2D eigenvalue weighted by atomic mass is 9.67. The molecule has 0 aliphatic heterocycles. The smallest absolute Gasteiger partial charge is 0.193 e. The third-order valence-corrected chi connectivity index (χ3v) is 15.0. The van der Waals surface area contributed by atoms with E-state index >= 15 is 0 Å². The van der Waals surface area contributed by atoms with Crippen molar-refractivity contribution >= 4 is 29.4 Å². The van der Waals surface area contributed by atoms with Gasteiger partial charge in [-0.1, -0.05) is 156 Å². The van der Waals surface area contributed by atoms with Gasteiger partial charge in [-0.2, -0.15) is 0 Å². The predicted octanol–water partition coefficient (Wildman–Crippen LogP) is 16.7. The van der Waals surface area contributed by atoms with Crippen LogP contribution in [-0.2, 0) is 14.8 Å². The number of aryl methyl sites for hydroxylation is 4. The van der Waals surface area contributed by atoms with Gasteiger partial charge < -0.3 is 9.47 Å². The average Bonchev–Trinajstić information content (AvgIpc) is 3.83. The van der Waals surface area contributed by atoms with Gasteiger partial charge in [0.1, 0.15) is 23.0 Å². The molecule has 77 heavy (non-hydrogen) atoms. The minimum absolute atomic E-state index is 0.0333. The Morgan fingerprint density at radius 2 is 0.896 bits per heavy atom. The molecule has 10 aromatic rings. The molecule has 0 aromatic heterocycles. The molecule has 1 aliphatic rings. The molecular formula is C68H50O8S. The lowest BCUT2D eigenvalue weighted by Gasteiger charge is -2.34. The van der Waals surface area contributed by atoms with Crippen LogP contribution >= 0.6 is 12.0 Å². The molecule has 1 N–H and O–H groups in total. The van der Waals surface area contributed by atoms with E-state index in [-0.39, 0.29) is 17.3 Å². The fourth-order valence-electron chi connectivity index (χ4n) is 10.4. The van der Waals surface area contributed by atoms with E-state index in [1.165, 1.54) is 22.3 Å². The summed E-state index contributed by atoms with van der Waals surface area (Å²) in [5.41, 5.74) is 15.1. The quantitative estimate of drug-likeness (QED) is 0.0438. The van der Waals surface area contributed by atoms with Crippen molar-refractivity contribution in [1.82, 2.24) is 0 Å². The molecule has 9 heteroatoms. The van der Waals surface area contributed by atoms with Crippen LogP contribution in [0.5, 0.6) is 23.0 Å². The molecule has 0 saturated heterocycles. The van der Waals surface area contributed by atoms with Gasteiger partial charge >= 0.3 is 0 Å². The molecule has 0 amide bonds. The number of carbonyl (C=O) groups is 3. The number of ketones is 3. The number of fused-ring (bicyclic) bond motifs is 3. The van der Waals surface area contributed by atoms with Crippen LogP contribution in [0.2, 0.25) is 0 Å². The van der Waals surface area contributed by atoms with Crippen LogP contribution in [0.15, 0.2) is 229 Å². The third-order valence-electron chi connectivity index (χ3n) is 14.4. The van der Waals surface area contributed by atoms with Crippen LogP contribution in [0, 0.1) is 27.7 Å². The molecule has 0 saturated carbocycles. The van der Waals surface area contributed by atoms with Crippen LogP contribution in [0.4, 0.5) is 0 Å². The molecule has 11 rings (SSSR count). The summed E-state index contributed by atoms with van der Waals surface area (Å²) in [7, 11) is 0. The summed E-state index contributed by atoms with van der Waals surface area (Å²) in [6.07, 6.45) is 0. The average molecular weight is 1030 g/mol. The molecule has 376 valence electrons. The number of rotatable bonds is 16. The highest BCUT2D eigenvalue weighted by Gasteiger charge is 2.46. The van der Waals surface area contributed by atoms with Gasteiger partial charge in [-0.05, 0) is 168 Å². The first-order valence-corrected chi connectivity index (χ1v) is 25.9. The van der Waals surface area contributed by atoms with Gasteiger partial charge in [0.05, 0.1) is 17.5 Å². The van der Waals surface area contributed by atoms with E-state index in [0.29, 0.717) is 55.5 Å². The first-order chi connectivity index (χ1) is 37.5. The maximum absolute atomic E-state index is 13.8. The van der Waals surface area contributed by atoms with Crippen molar-refractivity contribution < 1.29 is 38.5 Å². The number of ether oxygens (including phenoxy) is 2. The van der Waals surface area contributed by atoms with Gasteiger partial charge in [-0.15, -0.1) is 4.33 Å². The highest BCUT2D eigenvalue weighted by atomic mass is 32.2. The van der Waals surface area contributed by atoms with E-state index in [1.54, 1.807) is 48.5 Å². The second-order valence-electron chi connectivity index (χ2n) is 19.3. The van der Waals surface area contributed by atoms with Crippen LogP contribution in [0.3, 0.4) is 0 Å². The van der Waals surface area contributed by atoms with Crippen LogP contribution in [0.25, 0.3) is 22.3 Å². The van der Waals surface area contributed by atoms with Crippen LogP contribution < -0.4 is 9.47 Å². The van der Waals surface area contributed by atoms with Crippen molar-refractivity contribution in [2.24, 2.45) is 0 Å². The maximum Gasteiger partial charge on any atom is 0.193 e. The predicted molar refractivity (Wildman–Crippen MR) is 301 cm³/mol. The largest absolute Gasteiger partial charge is 0.457 e. The van der Waals surface area contributed by atoms with E-state index in [0.717, 1.165) is 62.3 Å². The standard InChI is InChI=1S/C68H50O8S/c1-42-16-19-47(20-17-42)65(69)49-26-32-55(33-27-49)73-63-36-30-53(38-44(63)3)68(61-14-7-5-12-58(61)59-13-6-8-15-62(59)68)54-31-37-64(45(4)39-54)74-56-34-28-50(29-35-56)66(70)48-24-22-46(23-25-48)51-21-18-43(2)60(41-51)67(71)52-10-9-11-57(40-52)77-76-75-72/h5-41,72H,1-4H3. The summed E-state index contributed by atoms with van der Waals surface area (Å²) in [6, 6.07) is 72.2. The number of hydrogen-bond donors (Lipinski definition) is 1. The van der Waals surface area contributed by atoms with Crippen molar-refractivity contribution in [1.29, 1.82) is 0 Å². The zero-order chi connectivity index (χ0) is 53.2. The second kappa shape index (κ2) is 21.3. The van der Waals surface area contributed by atoms with Gasteiger partial charge in [-0.25, -0.2) is 5.26 Å². The molecule has 0 unspecified atom stereocenters. The van der Waals surface area contributed by atoms with Gasteiger partial charge in [0, 0.05) is 38.3 Å². The lowest BCUT2D eigenvalue weighted by molar-refractivity contribution is -0.432. The Morgan fingerprint density at radius 3 is 1.40 bits per heavy atom. The highest BCUT2D eigenvalue weighted by Crippen LogP contribution is 2.57. The molecule has 0 heterocycles. The van der Waals surface area contributed by atoms with Gasteiger partial charge in [0.2, 0.25) is 0 Å². The summed E-state index contributed by atoms with van der Waals surface area (Å²) in [5.74, 6) is 2.33. The molecule has 10 aromatic carbocycles. The second-order valence-corrected chi connectivity index (χ2v) is 20.0. The van der Waals surface area contributed by atoms with Gasteiger partial charge in [0.25, 0.3) is 0 Å². The molecule has 0 spiro atoms. The zero-order valence-corrected chi connectivity index (χ0v) is 43.4. The molecule has 0 atom stereocenters. The van der Waals surface area contributed by atoms with Crippen LogP contribution in [-0.4, -0.2) is 22.6 Å². The van der Waals surface area contributed by atoms with Gasteiger partial charge in [-0.3, -0.25) is 14.4 Å². The summed E-state index contributed by atoms with van der Waals surface area (Å²) in [6.45, 7) is 8.02. The van der Waals surface area contributed by atoms with E-state index in [9.17, 15) is 14.4 Å². The summed E-state index contributed by atoms with van der Waals surface area (Å²) >= 11 is 0.790. The van der Waals surface area contributed by atoms with Crippen LogP contribution in [0.1, 0.15) is 92.3 Å². The van der Waals surface area contributed by atoms with Crippen molar-refractivity contribution in [3.05, 3.63) is 302 Å². The first kappa shape index (κ1) is 50.2. The number of benzene rings is 10. The van der Waals surface area contributed by atoms with Crippen molar-refractivity contribution in [2.45, 2.75) is 38.0 Å². The van der Waals surface area contributed by atoms with Crippen molar-refractivity contribution in [3.63, 3.8) is 0 Å². The fraction of sp³-hybridized carbons (Fsp3) is 0.0735. The molecule has 0 radical (unpaired) electrons. The topological polar surface area (TPSA) is 108 Å². The SMILES string of the molecule is Cc1ccc(C(=O)c2ccc(Oc3ccc(C4(c5ccc(Oc6ccc(C(=O)c7ccc(-c8ccc(C)c(C(=O)c9cccc(SOOO)c9)c8)cc7)cc6)c(C)c5)c5ccccc5-c5ccccc54)cc3C)cc2)cc1. The Morgan fingerprint density at radius 1 is 0.416 bits per heavy atom. The Hall–Kier alpha value is -8.96.